The van der Waals surface area contributed by atoms with Gasteiger partial charge in [-0.1, -0.05) is 32.9 Å². The molecule has 2 nitrogen and oxygen atoms in total. The van der Waals surface area contributed by atoms with Crippen LogP contribution in [0.3, 0.4) is 0 Å². The lowest BCUT2D eigenvalue weighted by Gasteiger charge is -2.24. The summed E-state index contributed by atoms with van der Waals surface area (Å²) in [5, 5.41) is 4.12. The van der Waals surface area contributed by atoms with Gasteiger partial charge in [0, 0.05) is 16.2 Å². The second-order valence-corrected chi connectivity index (χ2v) is 8.25. The third kappa shape index (κ3) is 5.64. The van der Waals surface area contributed by atoms with Crippen LogP contribution in [0.15, 0.2) is 35.0 Å². The molecule has 0 saturated carbocycles. The minimum absolute atomic E-state index is 0.0766. The van der Waals surface area contributed by atoms with E-state index in [9.17, 15) is 4.79 Å². The lowest BCUT2D eigenvalue weighted by atomic mass is 9.90. The number of carbonyl (C=O) groups is 1. The molecule has 113 valence electrons. The molecule has 1 radical (unpaired) electrons. The summed E-state index contributed by atoms with van der Waals surface area (Å²) >= 11 is 3.41. The summed E-state index contributed by atoms with van der Waals surface area (Å²) in [5.41, 5.74) is 0.0766. The van der Waals surface area contributed by atoms with E-state index in [2.05, 4.69) is 50.1 Å². The zero-order valence-corrected chi connectivity index (χ0v) is 14.5. The predicted octanol–water partition coefficient (Wildman–Crippen LogP) is 4.98. The first-order chi connectivity index (χ1) is 9.94. The quantitative estimate of drug-likeness (QED) is 0.735. The monoisotopic (exact) mass is 320 g/mol. The van der Waals surface area contributed by atoms with Gasteiger partial charge >= 0.3 is 0 Å². The topological polar surface area (TPSA) is 20.3 Å². The molecule has 0 aliphatic heterocycles. The first-order valence-electron chi connectivity index (χ1n) is 7.11. The van der Waals surface area contributed by atoms with E-state index in [1.807, 2.05) is 17.0 Å². The number of hydrogen-bond donors (Lipinski definition) is 0. The number of rotatable bonds is 6. The third-order valence-corrected chi connectivity index (χ3v) is 4.82. The zero-order valence-electron chi connectivity index (χ0n) is 12.8. The fourth-order valence-electron chi connectivity index (χ4n) is 1.94. The molecule has 4 heteroatoms. The molecular weight excluding hydrogens is 298 g/mol. The highest BCUT2D eigenvalue weighted by atomic mass is 32.1. The van der Waals surface area contributed by atoms with Gasteiger partial charge in [-0.3, -0.25) is 4.79 Å². The molecule has 0 aromatic carbocycles. The Labute approximate surface area is 135 Å². The van der Waals surface area contributed by atoms with E-state index < -0.39 is 0 Å². The standard InChI is InChI=1S/C17H22NOS2/c1-17(2,3)9-8-16(19)18(12-14-6-4-10-20-14)13-15-7-5-11-21-15/h4-7,9-11H,8,12-13H2,1-3H3. The molecule has 1 amide bonds. The molecule has 0 unspecified atom stereocenters. The summed E-state index contributed by atoms with van der Waals surface area (Å²) in [6.45, 7) is 7.79. The van der Waals surface area contributed by atoms with Crippen LogP contribution in [0.5, 0.6) is 0 Å². The SMILES string of the molecule is CC(C)(C)[CH]CC(=O)N(Cc1cccs1)Cc1cccs1. The van der Waals surface area contributed by atoms with Crippen molar-refractivity contribution < 1.29 is 4.79 Å². The predicted molar refractivity (Wildman–Crippen MR) is 91.3 cm³/mol. The number of nitrogens with zero attached hydrogens (tertiary/aromatic N) is 1. The molecule has 2 rings (SSSR count). The maximum absolute atomic E-state index is 12.5. The Hall–Kier alpha value is -1.13. The second-order valence-electron chi connectivity index (χ2n) is 6.18. The number of thiophene rings is 2. The number of carbonyl (C=O) groups excluding carboxylic acids is 1. The van der Waals surface area contributed by atoms with E-state index >= 15 is 0 Å². The Kier molecular flexibility index (Phi) is 5.59. The van der Waals surface area contributed by atoms with Crippen molar-refractivity contribution in [2.45, 2.75) is 40.3 Å². The van der Waals surface area contributed by atoms with Crippen molar-refractivity contribution >= 4 is 28.6 Å². The Morgan fingerprint density at radius 2 is 1.62 bits per heavy atom. The first-order valence-corrected chi connectivity index (χ1v) is 8.87. The molecule has 0 saturated heterocycles. The van der Waals surface area contributed by atoms with Gasteiger partial charge in [0.1, 0.15) is 0 Å². The van der Waals surface area contributed by atoms with E-state index in [4.69, 9.17) is 0 Å². The highest BCUT2D eigenvalue weighted by molar-refractivity contribution is 7.10. The fraction of sp³-hybridized carbons (Fsp3) is 0.412. The highest BCUT2D eigenvalue weighted by Crippen LogP contribution is 2.22. The van der Waals surface area contributed by atoms with Gasteiger partial charge in [0.15, 0.2) is 0 Å². The third-order valence-electron chi connectivity index (χ3n) is 3.10. The second kappa shape index (κ2) is 7.23. The van der Waals surface area contributed by atoms with Crippen LogP contribution < -0.4 is 0 Å². The van der Waals surface area contributed by atoms with Crippen molar-refractivity contribution in [2.24, 2.45) is 5.41 Å². The van der Waals surface area contributed by atoms with Crippen molar-refractivity contribution in [1.82, 2.24) is 4.90 Å². The molecule has 2 heterocycles. The van der Waals surface area contributed by atoms with Crippen LogP contribution in [0.1, 0.15) is 36.9 Å². The van der Waals surface area contributed by atoms with E-state index in [0.29, 0.717) is 19.5 Å². The first kappa shape index (κ1) is 16.2. The van der Waals surface area contributed by atoms with Crippen LogP contribution in [0.4, 0.5) is 0 Å². The van der Waals surface area contributed by atoms with Gasteiger partial charge in [-0.05, 0) is 34.7 Å². The summed E-state index contributed by atoms with van der Waals surface area (Å²) in [4.78, 5) is 17.0. The molecule has 0 atom stereocenters. The Bertz CT molecular complexity index is 502. The largest absolute Gasteiger partial charge is 0.332 e. The van der Waals surface area contributed by atoms with Crippen molar-refractivity contribution in [3.05, 3.63) is 51.2 Å². The molecule has 0 aliphatic carbocycles. The van der Waals surface area contributed by atoms with Crippen LogP contribution in [0, 0.1) is 11.8 Å². The minimum atomic E-state index is 0.0766. The molecule has 2 aromatic rings. The summed E-state index contributed by atoms with van der Waals surface area (Å²) in [6.07, 6.45) is 2.60. The summed E-state index contributed by atoms with van der Waals surface area (Å²) in [7, 11) is 0. The summed E-state index contributed by atoms with van der Waals surface area (Å²) in [6, 6.07) is 8.25. The molecule has 0 spiro atoms. The van der Waals surface area contributed by atoms with Crippen LogP contribution >= 0.6 is 22.7 Å². The lowest BCUT2D eigenvalue weighted by molar-refractivity contribution is -0.132. The number of hydrogen-bond acceptors (Lipinski definition) is 3. The van der Waals surface area contributed by atoms with Gasteiger partial charge in [-0.15, -0.1) is 22.7 Å². The highest BCUT2D eigenvalue weighted by Gasteiger charge is 2.19. The van der Waals surface area contributed by atoms with Crippen LogP contribution in [0.2, 0.25) is 0 Å². The smallest absolute Gasteiger partial charge is 0.223 e. The van der Waals surface area contributed by atoms with Gasteiger partial charge in [0.25, 0.3) is 0 Å². The summed E-state index contributed by atoms with van der Waals surface area (Å²) in [5.74, 6) is 0.201. The number of amides is 1. The minimum Gasteiger partial charge on any atom is -0.332 e. The van der Waals surface area contributed by atoms with Crippen LogP contribution in [-0.4, -0.2) is 10.8 Å². The van der Waals surface area contributed by atoms with Gasteiger partial charge in [-0.2, -0.15) is 0 Å². The lowest BCUT2D eigenvalue weighted by Crippen LogP contribution is -2.30. The average molecular weight is 321 g/mol. The van der Waals surface area contributed by atoms with Gasteiger partial charge < -0.3 is 4.90 Å². The van der Waals surface area contributed by atoms with Crippen molar-refractivity contribution in [1.29, 1.82) is 0 Å². The molecule has 0 N–H and O–H groups in total. The van der Waals surface area contributed by atoms with E-state index in [-0.39, 0.29) is 11.3 Å². The maximum atomic E-state index is 12.5. The van der Waals surface area contributed by atoms with Gasteiger partial charge in [0.2, 0.25) is 5.91 Å². The summed E-state index contributed by atoms with van der Waals surface area (Å²) < 4.78 is 0. The molecular formula is C17H22NOS2. The van der Waals surface area contributed by atoms with Crippen molar-refractivity contribution in [3.8, 4) is 0 Å². The van der Waals surface area contributed by atoms with Gasteiger partial charge in [0.05, 0.1) is 13.1 Å². The van der Waals surface area contributed by atoms with Crippen LogP contribution in [-0.2, 0) is 17.9 Å². The van der Waals surface area contributed by atoms with Gasteiger partial charge in [-0.25, -0.2) is 0 Å². The molecule has 0 bridgehead atoms. The molecule has 2 aromatic heterocycles. The molecule has 21 heavy (non-hydrogen) atoms. The molecule has 0 fully saturated rings. The van der Waals surface area contributed by atoms with E-state index in [1.54, 1.807) is 22.7 Å². The van der Waals surface area contributed by atoms with E-state index in [1.165, 1.54) is 9.75 Å². The molecule has 0 aliphatic rings. The normalized spacial score (nSPS) is 11.6. The Morgan fingerprint density at radius 1 is 1.10 bits per heavy atom. The van der Waals surface area contributed by atoms with E-state index in [0.717, 1.165) is 0 Å². The van der Waals surface area contributed by atoms with Crippen molar-refractivity contribution in [3.63, 3.8) is 0 Å². The Morgan fingerprint density at radius 3 is 2.00 bits per heavy atom. The van der Waals surface area contributed by atoms with Crippen LogP contribution in [0.25, 0.3) is 0 Å². The zero-order chi connectivity index (χ0) is 15.3. The maximum Gasteiger partial charge on any atom is 0.223 e. The fourth-order valence-corrected chi connectivity index (χ4v) is 3.38. The average Bonchev–Trinajstić information content (AvgIpc) is 3.07. The Balaban J connectivity index is 2.01. The van der Waals surface area contributed by atoms with Crippen molar-refractivity contribution in [2.75, 3.05) is 0 Å².